The fourth-order valence-electron chi connectivity index (χ4n) is 2.21. The molecule has 1 N–H and O–H groups in total. The number of nitrogens with one attached hydrogen (secondary N) is 1. The summed E-state index contributed by atoms with van der Waals surface area (Å²) in [6.45, 7) is 2.81. The molecule has 1 unspecified atom stereocenters. The van der Waals surface area contributed by atoms with Gasteiger partial charge in [0.05, 0.1) is 5.02 Å². The Kier molecular flexibility index (Phi) is 3.82. The highest BCUT2D eigenvalue weighted by atomic mass is 35.5. The predicted octanol–water partition coefficient (Wildman–Crippen LogP) is 3.47. The molecule has 1 fully saturated rings. The highest BCUT2D eigenvalue weighted by Gasteiger charge is 2.16. The fraction of sp³-hybridized carbons (Fsp3) is 0.538. The highest BCUT2D eigenvalue weighted by molar-refractivity contribution is 6.31. The van der Waals surface area contributed by atoms with Gasteiger partial charge in [0.2, 0.25) is 0 Å². The molecule has 1 aromatic carbocycles. The first-order valence-electron chi connectivity index (χ1n) is 5.85. The Labute approximate surface area is 101 Å². The van der Waals surface area contributed by atoms with Crippen LogP contribution in [0, 0.1) is 12.7 Å². The minimum atomic E-state index is -0.269. The van der Waals surface area contributed by atoms with Crippen molar-refractivity contribution in [2.24, 2.45) is 0 Å². The van der Waals surface area contributed by atoms with E-state index in [9.17, 15) is 4.39 Å². The molecule has 1 aliphatic rings. The Morgan fingerprint density at radius 2 is 2.25 bits per heavy atom. The van der Waals surface area contributed by atoms with E-state index >= 15 is 0 Å². The Balaban J connectivity index is 2.11. The Morgan fingerprint density at radius 3 is 2.94 bits per heavy atom. The first-order valence-corrected chi connectivity index (χ1v) is 6.23. The van der Waals surface area contributed by atoms with Crippen molar-refractivity contribution in [1.82, 2.24) is 5.32 Å². The van der Waals surface area contributed by atoms with Crippen LogP contribution in [-0.2, 0) is 6.42 Å². The molecule has 88 valence electrons. The molecular weight excluding hydrogens is 225 g/mol. The molecule has 2 rings (SSSR count). The first-order chi connectivity index (χ1) is 7.68. The van der Waals surface area contributed by atoms with Crippen LogP contribution in [0.4, 0.5) is 4.39 Å². The Hall–Kier alpha value is -0.600. The lowest BCUT2D eigenvalue weighted by molar-refractivity contribution is 0.399. The minimum Gasteiger partial charge on any atom is -0.314 e. The molecule has 0 aromatic heterocycles. The second-order valence-electron chi connectivity index (χ2n) is 4.52. The maximum absolute atomic E-state index is 13.6. The molecule has 0 radical (unpaired) electrons. The summed E-state index contributed by atoms with van der Waals surface area (Å²) in [7, 11) is 0. The van der Waals surface area contributed by atoms with Gasteiger partial charge in [0.15, 0.2) is 0 Å². The standard InChI is InChI=1S/C13H17ClFN/c1-9-5-6-10(12(14)13(9)15)8-11-4-2-3-7-16-11/h5-6,11,16H,2-4,7-8H2,1H3. The van der Waals surface area contributed by atoms with Gasteiger partial charge in [0.25, 0.3) is 0 Å². The molecule has 1 aliphatic heterocycles. The molecule has 1 nitrogen and oxygen atoms in total. The fourth-order valence-corrected chi connectivity index (χ4v) is 2.50. The lowest BCUT2D eigenvalue weighted by Gasteiger charge is -2.24. The number of aryl methyl sites for hydroxylation is 1. The van der Waals surface area contributed by atoms with Gasteiger partial charge in [-0.2, -0.15) is 0 Å². The van der Waals surface area contributed by atoms with Crippen LogP contribution >= 0.6 is 11.6 Å². The van der Waals surface area contributed by atoms with Crippen molar-refractivity contribution in [3.05, 3.63) is 34.1 Å². The molecule has 0 saturated carbocycles. The summed E-state index contributed by atoms with van der Waals surface area (Å²) >= 11 is 6.01. The summed E-state index contributed by atoms with van der Waals surface area (Å²) in [6.07, 6.45) is 4.48. The quantitative estimate of drug-likeness (QED) is 0.836. The minimum absolute atomic E-state index is 0.269. The van der Waals surface area contributed by atoms with Gasteiger partial charge in [-0.15, -0.1) is 0 Å². The summed E-state index contributed by atoms with van der Waals surface area (Å²) in [6, 6.07) is 4.20. The molecule has 3 heteroatoms. The van der Waals surface area contributed by atoms with E-state index in [0.29, 0.717) is 16.6 Å². The van der Waals surface area contributed by atoms with Gasteiger partial charge in [0.1, 0.15) is 5.82 Å². The van der Waals surface area contributed by atoms with E-state index < -0.39 is 0 Å². The average Bonchev–Trinajstić information content (AvgIpc) is 2.31. The third-order valence-electron chi connectivity index (χ3n) is 3.23. The second-order valence-corrected chi connectivity index (χ2v) is 4.90. The number of rotatable bonds is 2. The van der Waals surface area contributed by atoms with Crippen molar-refractivity contribution in [2.75, 3.05) is 6.54 Å². The topological polar surface area (TPSA) is 12.0 Å². The monoisotopic (exact) mass is 241 g/mol. The van der Waals surface area contributed by atoms with E-state index in [4.69, 9.17) is 11.6 Å². The number of halogens is 2. The molecule has 1 atom stereocenters. The number of benzene rings is 1. The highest BCUT2D eigenvalue weighted by Crippen LogP contribution is 2.25. The van der Waals surface area contributed by atoms with Gasteiger partial charge < -0.3 is 5.32 Å². The Morgan fingerprint density at radius 1 is 1.44 bits per heavy atom. The summed E-state index contributed by atoms with van der Waals surface area (Å²) in [5.74, 6) is -0.269. The predicted molar refractivity (Wildman–Crippen MR) is 65.5 cm³/mol. The lowest BCUT2D eigenvalue weighted by atomic mass is 9.97. The summed E-state index contributed by atoms with van der Waals surface area (Å²) in [4.78, 5) is 0. The molecule has 1 heterocycles. The largest absolute Gasteiger partial charge is 0.314 e. The van der Waals surface area contributed by atoms with Gasteiger partial charge in [-0.3, -0.25) is 0 Å². The van der Waals surface area contributed by atoms with Crippen molar-refractivity contribution < 1.29 is 4.39 Å². The summed E-state index contributed by atoms with van der Waals surface area (Å²) in [5, 5.41) is 3.75. The van der Waals surface area contributed by atoms with Crippen molar-refractivity contribution in [3.8, 4) is 0 Å². The first kappa shape index (κ1) is 11.9. The number of hydrogen-bond acceptors (Lipinski definition) is 1. The molecule has 1 aromatic rings. The van der Waals surface area contributed by atoms with E-state index in [1.807, 2.05) is 6.07 Å². The summed E-state index contributed by atoms with van der Waals surface area (Å²) < 4.78 is 13.6. The maximum atomic E-state index is 13.6. The number of hydrogen-bond donors (Lipinski definition) is 1. The molecular formula is C13H17ClFN. The average molecular weight is 242 g/mol. The van der Waals surface area contributed by atoms with E-state index in [0.717, 1.165) is 24.9 Å². The normalized spacial score (nSPS) is 21.1. The molecule has 0 aliphatic carbocycles. The lowest BCUT2D eigenvalue weighted by Crippen LogP contribution is -2.35. The van der Waals surface area contributed by atoms with Crippen LogP contribution in [-0.4, -0.2) is 12.6 Å². The molecule has 0 spiro atoms. The van der Waals surface area contributed by atoms with Crippen molar-refractivity contribution in [3.63, 3.8) is 0 Å². The van der Waals surface area contributed by atoms with Crippen LogP contribution in [0.1, 0.15) is 30.4 Å². The van der Waals surface area contributed by atoms with E-state index in [1.54, 1.807) is 13.0 Å². The van der Waals surface area contributed by atoms with Gasteiger partial charge in [-0.05, 0) is 43.9 Å². The van der Waals surface area contributed by atoms with Crippen LogP contribution in [0.5, 0.6) is 0 Å². The SMILES string of the molecule is Cc1ccc(CC2CCCCN2)c(Cl)c1F. The smallest absolute Gasteiger partial charge is 0.144 e. The van der Waals surface area contributed by atoms with Crippen LogP contribution in [0.15, 0.2) is 12.1 Å². The zero-order chi connectivity index (χ0) is 11.5. The zero-order valence-corrected chi connectivity index (χ0v) is 10.3. The molecule has 1 saturated heterocycles. The van der Waals surface area contributed by atoms with Crippen LogP contribution in [0.2, 0.25) is 5.02 Å². The van der Waals surface area contributed by atoms with E-state index in [-0.39, 0.29) is 5.82 Å². The van der Waals surface area contributed by atoms with Gasteiger partial charge in [-0.1, -0.05) is 30.2 Å². The van der Waals surface area contributed by atoms with Gasteiger partial charge in [0, 0.05) is 6.04 Å². The summed E-state index contributed by atoms with van der Waals surface area (Å²) in [5.41, 5.74) is 1.54. The third-order valence-corrected chi connectivity index (χ3v) is 3.64. The van der Waals surface area contributed by atoms with Crippen molar-refractivity contribution in [2.45, 2.75) is 38.6 Å². The van der Waals surface area contributed by atoms with Gasteiger partial charge in [-0.25, -0.2) is 4.39 Å². The molecule has 0 bridgehead atoms. The van der Waals surface area contributed by atoms with E-state index in [2.05, 4.69) is 5.32 Å². The molecule has 0 amide bonds. The van der Waals surface area contributed by atoms with Crippen LogP contribution < -0.4 is 5.32 Å². The second kappa shape index (κ2) is 5.15. The number of piperidine rings is 1. The van der Waals surface area contributed by atoms with Gasteiger partial charge >= 0.3 is 0 Å². The molecule has 16 heavy (non-hydrogen) atoms. The zero-order valence-electron chi connectivity index (χ0n) is 9.52. The third kappa shape index (κ3) is 2.55. The Bertz CT molecular complexity index is 372. The van der Waals surface area contributed by atoms with E-state index in [1.165, 1.54) is 12.8 Å². The van der Waals surface area contributed by atoms with Crippen LogP contribution in [0.25, 0.3) is 0 Å². The van der Waals surface area contributed by atoms with Crippen LogP contribution in [0.3, 0.4) is 0 Å². The van der Waals surface area contributed by atoms with Crippen molar-refractivity contribution >= 4 is 11.6 Å². The maximum Gasteiger partial charge on any atom is 0.144 e. The van der Waals surface area contributed by atoms with Crippen molar-refractivity contribution in [1.29, 1.82) is 0 Å².